The monoisotopic (exact) mass is 569 g/mol. The molecule has 6 nitrogen and oxygen atoms in total. The van der Waals surface area contributed by atoms with Gasteiger partial charge in [0.2, 0.25) is 5.91 Å². The summed E-state index contributed by atoms with van der Waals surface area (Å²) in [7, 11) is 0. The molecule has 3 aliphatic heterocycles. The molecule has 216 valence electrons. The van der Waals surface area contributed by atoms with E-state index >= 15 is 0 Å². The van der Waals surface area contributed by atoms with Crippen molar-refractivity contribution in [3.63, 3.8) is 0 Å². The maximum absolute atomic E-state index is 12.6. The van der Waals surface area contributed by atoms with Crippen molar-refractivity contribution in [2.75, 3.05) is 41.4 Å². The van der Waals surface area contributed by atoms with Crippen molar-refractivity contribution in [1.29, 1.82) is 0 Å². The zero-order valence-electron chi connectivity index (χ0n) is 24.1. The molecule has 2 unspecified atom stereocenters. The third-order valence-corrected chi connectivity index (χ3v) is 9.72. The largest absolute Gasteiger partial charge is 0.385 e. The summed E-state index contributed by atoms with van der Waals surface area (Å²) in [6.07, 6.45) is 10.1. The minimum Gasteiger partial charge on any atom is -0.385 e. The van der Waals surface area contributed by atoms with Crippen LogP contribution in [0.25, 0.3) is 0 Å². The fourth-order valence-electron chi connectivity index (χ4n) is 6.72. The van der Waals surface area contributed by atoms with Gasteiger partial charge in [0.1, 0.15) is 0 Å². The highest BCUT2D eigenvalue weighted by Crippen LogP contribution is 2.47. The minimum absolute atomic E-state index is 0.0693. The third kappa shape index (κ3) is 6.74. The Hall–Kier alpha value is -3.00. The van der Waals surface area contributed by atoms with Gasteiger partial charge in [0.25, 0.3) is 0 Å². The van der Waals surface area contributed by atoms with Crippen LogP contribution in [0.3, 0.4) is 0 Å². The topological polar surface area (TPSA) is 68.4 Å². The van der Waals surface area contributed by atoms with E-state index in [2.05, 4.69) is 105 Å². The summed E-state index contributed by atoms with van der Waals surface area (Å²) in [5.41, 5.74) is 5.97. The molecule has 3 aromatic carbocycles. The number of nitrogens with one attached hydrogen (secondary N) is 4. The standard InChI is InChI=1S/C34H43N5OS/c1-41-30-16-14-29(15-17-30)39-32(24-6-10-27(11-7-24)36-23-20-26-4-2-21-35-26)18-19-33(39)25-8-12-28(13-9-25)38-34(40)31-5-3-22-37-31/h6-17,26,31-33,35-37H,2-5,18-23H2,1H3,(H,38,40)/t26-,31?,32?,33+/m0/s1. The van der Waals surface area contributed by atoms with Gasteiger partial charge in [-0.3, -0.25) is 4.79 Å². The number of rotatable bonds is 10. The number of amides is 1. The van der Waals surface area contributed by atoms with E-state index in [9.17, 15) is 4.79 Å². The fourth-order valence-corrected chi connectivity index (χ4v) is 7.13. The van der Waals surface area contributed by atoms with E-state index in [1.807, 2.05) is 0 Å². The van der Waals surface area contributed by atoms with Crippen LogP contribution in [0.2, 0.25) is 0 Å². The van der Waals surface area contributed by atoms with Crippen molar-refractivity contribution in [2.24, 2.45) is 0 Å². The van der Waals surface area contributed by atoms with E-state index in [4.69, 9.17) is 0 Å². The Kier molecular flexibility index (Phi) is 9.14. The number of carbonyl (C=O) groups is 1. The average Bonchev–Trinajstić information content (AvgIpc) is 3.81. The molecule has 4 N–H and O–H groups in total. The van der Waals surface area contributed by atoms with Crippen molar-refractivity contribution in [1.82, 2.24) is 10.6 Å². The minimum atomic E-state index is -0.0732. The fraction of sp³-hybridized carbons (Fsp3) is 0.441. The molecule has 0 aromatic heterocycles. The van der Waals surface area contributed by atoms with E-state index in [1.54, 1.807) is 11.8 Å². The van der Waals surface area contributed by atoms with Crippen LogP contribution < -0.4 is 26.2 Å². The quantitative estimate of drug-likeness (QED) is 0.203. The van der Waals surface area contributed by atoms with Crippen LogP contribution >= 0.6 is 11.8 Å². The SMILES string of the molecule is CSc1ccc(N2C(c3ccc(NCC[C@@H]4CCCN4)cc3)CC[C@@H]2c2ccc(NC(=O)C3CCCN3)cc2)cc1. The Morgan fingerprint density at radius 1 is 0.805 bits per heavy atom. The first-order valence-electron chi connectivity index (χ1n) is 15.3. The predicted molar refractivity (Wildman–Crippen MR) is 172 cm³/mol. The molecule has 6 rings (SSSR count). The lowest BCUT2D eigenvalue weighted by molar-refractivity contribution is -0.117. The number of benzene rings is 3. The molecule has 0 aliphatic carbocycles. The molecule has 7 heteroatoms. The van der Waals surface area contributed by atoms with Gasteiger partial charge in [0.05, 0.1) is 18.1 Å². The maximum Gasteiger partial charge on any atom is 0.241 e. The van der Waals surface area contributed by atoms with Crippen LogP contribution in [0.4, 0.5) is 17.1 Å². The van der Waals surface area contributed by atoms with Crippen LogP contribution in [0, 0.1) is 0 Å². The molecule has 3 fully saturated rings. The molecule has 3 saturated heterocycles. The van der Waals surface area contributed by atoms with Gasteiger partial charge in [-0.05, 0) is 124 Å². The molecule has 3 aliphatic rings. The Labute approximate surface area is 249 Å². The summed E-state index contributed by atoms with van der Waals surface area (Å²) >= 11 is 1.78. The van der Waals surface area contributed by atoms with E-state index in [-0.39, 0.29) is 18.0 Å². The van der Waals surface area contributed by atoms with Crippen molar-refractivity contribution < 1.29 is 4.79 Å². The van der Waals surface area contributed by atoms with Crippen LogP contribution in [0.5, 0.6) is 0 Å². The van der Waals surface area contributed by atoms with E-state index in [0.29, 0.717) is 12.1 Å². The molecule has 4 atom stereocenters. The van der Waals surface area contributed by atoms with Crippen molar-refractivity contribution in [3.05, 3.63) is 83.9 Å². The summed E-state index contributed by atoms with van der Waals surface area (Å²) in [6.45, 7) is 3.09. The zero-order chi connectivity index (χ0) is 28.0. The highest BCUT2D eigenvalue weighted by atomic mass is 32.2. The number of hydrogen-bond acceptors (Lipinski definition) is 6. The van der Waals surface area contributed by atoms with Crippen molar-refractivity contribution >= 4 is 34.7 Å². The van der Waals surface area contributed by atoms with Gasteiger partial charge < -0.3 is 26.2 Å². The van der Waals surface area contributed by atoms with Crippen LogP contribution in [-0.2, 0) is 4.79 Å². The highest BCUT2D eigenvalue weighted by Gasteiger charge is 2.35. The van der Waals surface area contributed by atoms with Gasteiger partial charge in [-0.15, -0.1) is 11.8 Å². The molecule has 3 heterocycles. The number of anilines is 3. The van der Waals surface area contributed by atoms with Gasteiger partial charge in [0.15, 0.2) is 0 Å². The van der Waals surface area contributed by atoms with Gasteiger partial charge >= 0.3 is 0 Å². The lowest BCUT2D eigenvalue weighted by Gasteiger charge is -2.33. The molecule has 0 bridgehead atoms. The van der Waals surface area contributed by atoms with Crippen LogP contribution in [0.15, 0.2) is 77.7 Å². The number of hydrogen-bond donors (Lipinski definition) is 4. The second-order valence-electron chi connectivity index (χ2n) is 11.6. The Balaban J connectivity index is 1.17. The number of thioether (sulfide) groups is 1. The first-order valence-corrected chi connectivity index (χ1v) is 16.5. The molecular weight excluding hydrogens is 526 g/mol. The first kappa shape index (κ1) is 28.1. The van der Waals surface area contributed by atoms with E-state index in [1.165, 1.54) is 46.7 Å². The van der Waals surface area contributed by atoms with E-state index in [0.717, 1.165) is 51.0 Å². The summed E-state index contributed by atoms with van der Waals surface area (Å²) in [5.74, 6) is 0.0693. The third-order valence-electron chi connectivity index (χ3n) is 8.98. The summed E-state index contributed by atoms with van der Waals surface area (Å²) in [4.78, 5) is 16.5. The maximum atomic E-state index is 12.6. The normalized spacial score (nSPS) is 24.1. The lowest BCUT2D eigenvalue weighted by atomic mass is 10.0. The smallest absolute Gasteiger partial charge is 0.241 e. The Morgan fingerprint density at radius 2 is 1.44 bits per heavy atom. The van der Waals surface area contributed by atoms with Gasteiger partial charge in [0, 0.05) is 34.5 Å². The average molecular weight is 570 g/mol. The molecule has 0 saturated carbocycles. The molecule has 1 amide bonds. The van der Waals surface area contributed by atoms with E-state index < -0.39 is 0 Å². The molecule has 3 aromatic rings. The van der Waals surface area contributed by atoms with Crippen molar-refractivity contribution in [2.45, 2.75) is 74.0 Å². The number of carbonyl (C=O) groups excluding carboxylic acids is 1. The Bertz CT molecular complexity index is 1270. The van der Waals surface area contributed by atoms with Gasteiger partial charge in [-0.1, -0.05) is 24.3 Å². The second-order valence-corrected chi connectivity index (χ2v) is 12.5. The van der Waals surface area contributed by atoms with Crippen LogP contribution in [0.1, 0.15) is 68.2 Å². The summed E-state index contributed by atoms with van der Waals surface area (Å²) in [6, 6.07) is 27.8. The molecular formula is C34H43N5OS. The molecule has 41 heavy (non-hydrogen) atoms. The molecule has 0 spiro atoms. The highest BCUT2D eigenvalue weighted by molar-refractivity contribution is 7.98. The lowest BCUT2D eigenvalue weighted by Crippen LogP contribution is -2.35. The summed E-state index contributed by atoms with van der Waals surface area (Å²) < 4.78 is 0. The predicted octanol–water partition coefficient (Wildman–Crippen LogP) is 6.74. The van der Waals surface area contributed by atoms with Crippen molar-refractivity contribution in [3.8, 4) is 0 Å². The number of nitrogens with zero attached hydrogens (tertiary/aromatic N) is 1. The van der Waals surface area contributed by atoms with Gasteiger partial charge in [-0.2, -0.15) is 0 Å². The first-order chi connectivity index (χ1) is 20.2. The summed E-state index contributed by atoms with van der Waals surface area (Å²) in [5, 5.41) is 13.6. The van der Waals surface area contributed by atoms with Crippen LogP contribution in [-0.4, -0.2) is 43.9 Å². The van der Waals surface area contributed by atoms with Gasteiger partial charge in [-0.25, -0.2) is 0 Å². The molecule has 0 radical (unpaired) electrons. The zero-order valence-corrected chi connectivity index (χ0v) is 24.9. The Morgan fingerprint density at radius 3 is 2.02 bits per heavy atom. The second kappa shape index (κ2) is 13.3.